The molecule has 3 rings (SSSR count). The van der Waals surface area contributed by atoms with E-state index in [1.54, 1.807) is 29.0 Å². The summed E-state index contributed by atoms with van der Waals surface area (Å²) in [6.07, 6.45) is 5.12. The van der Waals surface area contributed by atoms with E-state index in [9.17, 15) is 4.79 Å². The van der Waals surface area contributed by atoms with E-state index < -0.39 is 0 Å². The van der Waals surface area contributed by atoms with Crippen LogP contribution in [0.1, 0.15) is 41.4 Å². The predicted octanol–water partition coefficient (Wildman–Crippen LogP) is 3.08. The second-order valence-electron chi connectivity index (χ2n) is 5.02. The molecule has 3 aromatic heterocycles. The van der Waals surface area contributed by atoms with Crippen molar-refractivity contribution in [2.45, 2.75) is 19.8 Å². The lowest BCUT2D eigenvalue weighted by Crippen LogP contribution is -2.05. The monoisotopic (exact) mass is 265 g/mol. The predicted molar refractivity (Wildman–Crippen MR) is 77.0 cm³/mol. The number of ketones is 1. The summed E-state index contributed by atoms with van der Waals surface area (Å²) < 4.78 is 1.76. The molecule has 100 valence electrons. The van der Waals surface area contributed by atoms with Gasteiger partial charge in [-0.1, -0.05) is 19.9 Å². The Morgan fingerprint density at radius 3 is 2.75 bits per heavy atom. The van der Waals surface area contributed by atoms with Crippen molar-refractivity contribution >= 4 is 11.3 Å². The van der Waals surface area contributed by atoms with Gasteiger partial charge in [0, 0.05) is 24.2 Å². The summed E-state index contributed by atoms with van der Waals surface area (Å²) in [6, 6.07) is 9.30. The van der Waals surface area contributed by atoms with E-state index in [1.807, 2.05) is 38.2 Å². The fraction of sp³-hybridized carbons (Fsp3) is 0.188. The largest absolute Gasteiger partial charge is 0.288 e. The summed E-state index contributed by atoms with van der Waals surface area (Å²) in [7, 11) is 0. The van der Waals surface area contributed by atoms with Crippen LogP contribution in [0.4, 0.5) is 0 Å². The van der Waals surface area contributed by atoms with Crippen LogP contribution in [-0.4, -0.2) is 20.4 Å². The Hall–Kier alpha value is -2.49. The number of rotatable bonds is 3. The first-order valence-corrected chi connectivity index (χ1v) is 6.60. The fourth-order valence-corrected chi connectivity index (χ4v) is 2.30. The average molecular weight is 265 g/mol. The Bertz CT molecular complexity index is 760. The maximum absolute atomic E-state index is 12.8. The van der Waals surface area contributed by atoms with Crippen molar-refractivity contribution in [1.82, 2.24) is 14.6 Å². The average Bonchev–Trinajstić information content (AvgIpc) is 2.87. The van der Waals surface area contributed by atoms with E-state index in [0.717, 1.165) is 11.2 Å². The van der Waals surface area contributed by atoms with Gasteiger partial charge in [0.2, 0.25) is 0 Å². The normalized spacial score (nSPS) is 11.2. The molecule has 0 saturated carbocycles. The van der Waals surface area contributed by atoms with Gasteiger partial charge in [-0.3, -0.25) is 9.78 Å². The van der Waals surface area contributed by atoms with E-state index in [1.165, 1.54) is 0 Å². The third-order valence-electron chi connectivity index (χ3n) is 3.26. The zero-order valence-electron chi connectivity index (χ0n) is 11.4. The molecule has 0 fully saturated rings. The first-order chi connectivity index (χ1) is 9.68. The molecular formula is C16H15N3O. The van der Waals surface area contributed by atoms with Crippen LogP contribution < -0.4 is 0 Å². The SMILES string of the molecule is CC(C)c1nn2ccccc2c1C(=O)c1cccnc1. The highest BCUT2D eigenvalue weighted by molar-refractivity contribution is 6.13. The minimum absolute atomic E-state index is 0.0250. The van der Waals surface area contributed by atoms with Crippen LogP contribution in [0, 0.1) is 0 Å². The lowest BCUT2D eigenvalue weighted by molar-refractivity contribution is 0.103. The molecule has 0 radical (unpaired) electrons. The molecule has 0 atom stereocenters. The van der Waals surface area contributed by atoms with E-state index >= 15 is 0 Å². The van der Waals surface area contributed by atoms with Crippen LogP contribution in [0.15, 0.2) is 48.9 Å². The van der Waals surface area contributed by atoms with Crippen molar-refractivity contribution < 1.29 is 4.79 Å². The third kappa shape index (κ3) is 1.99. The highest BCUT2D eigenvalue weighted by atomic mass is 16.1. The van der Waals surface area contributed by atoms with E-state index in [2.05, 4.69) is 10.1 Å². The van der Waals surface area contributed by atoms with Gasteiger partial charge < -0.3 is 0 Å². The van der Waals surface area contributed by atoms with Gasteiger partial charge >= 0.3 is 0 Å². The molecule has 0 amide bonds. The van der Waals surface area contributed by atoms with E-state index in [4.69, 9.17) is 0 Å². The van der Waals surface area contributed by atoms with Crippen LogP contribution >= 0.6 is 0 Å². The van der Waals surface area contributed by atoms with Crippen molar-refractivity contribution in [3.63, 3.8) is 0 Å². The summed E-state index contributed by atoms with van der Waals surface area (Å²) in [4.78, 5) is 16.8. The van der Waals surface area contributed by atoms with Crippen LogP contribution in [0.5, 0.6) is 0 Å². The summed E-state index contributed by atoms with van der Waals surface area (Å²) in [5, 5.41) is 4.53. The van der Waals surface area contributed by atoms with Crippen molar-refractivity contribution in [3.05, 3.63) is 65.7 Å². The molecule has 0 saturated heterocycles. The molecule has 0 spiro atoms. The van der Waals surface area contributed by atoms with Crippen molar-refractivity contribution in [1.29, 1.82) is 0 Å². The molecule has 4 nitrogen and oxygen atoms in total. The highest BCUT2D eigenvalue weighted by Crippen LogP contribution is 2.25. The van der Waals surface area contributed by atoms with Gasteiger partial charge in [0.1, 0.15) is 0 Å². The molecule has 3 aromatic rings. The van der Waals surface area contributed by atoms with Gasteiger partial charge in [0.15, 0.2) is 5.78 Å². The number of aromatic nitrogens is 3. The zero-order valence-corrected chi connectivity index (χ0v) is 11.4. The molecule has 0 bridgehead atoms. The summed E-state index contributed by atoms with van der Waals surface area (Å²) in [5.41, 5.74) is 2.93. The van der Waals surface area contributed by atoms with Gasteiger partial charge in [0.05, 0.1) is 16.8 Å². The minimum Gasteiger partial charge on any atom is -0.288 e. The van der Waals surface area contributed by atoms with Gasteiger partial charge in [-0.15, -0.1) is 0 Å². The Balaban J connectivity index is 2.24. The van der Waals surface area contributed by atoms with Crippen LogP contribution in [0.3, 0.4) is 0 Å². The van der Waals surface area contributed by atoms with Gasteiger partial charge in [-0.2, -0.15) is 5.10 Å². The number of hydrogen-bond acceptors (Lipinski definition) is 3. The Labute approximate surface area is 117 Å². The molecular weight excluding hydrogens is 250 g/mol. The second kappa shape index (κ2) is 4.89. The maximum Gasteiger partial charge on any atom is 0.198 e. The minimum atomic E-state index is -0.0250. The number of pyridine rings is 2. The van der Waals surface area contributed by atoms with E-state index in [-0.39, 0.29) is 11.7 Å². The van der Waals surface area contributed by atoms with Crippen molar-refractivity contribution in [2.24, 2.45) is 0 Å². The Morgan fingerprint density at radius 1 is 1.20 bits per heavy atom. The van der Waals surface area contributed by atoms with Crippen LogP contribution in [0.25, 0.3) is 5.52 Å². The number of carbonyl (C=O) groups is 1. The molecule has 0 aliphatic heterocycles. The maximum atomic E-state index is 12.8. The quantitative estimate of drug-likeness (QED) is 0.684. The molecule has 0 aliphatic rings. The van der Waals surface area contributed by atoms with Gasteiger partial charge in [0.25, 0.3) is 0 Å². The van der Waals surface area contributed by atoms with Gasteiger partial charge in [-0.25, -0.2) is 4.52 Å². The molecule has 20 heavy (non-hydrogen) atoms. The van der Waals surface area contributed by atoms with Crippen molar-refractivity contribution in [3.8, 4) is 0 Å². The highest BCUT2D eigenvalue weighted by Gasteiger charge is 2.22. The molecule has 3 heterocycles. The first kappa shape index (κ1) is 12.5. The Kier molecular flexibility index (Phi) is 3.06. The third-order valence-corrected chi connectivity index (χ3v) is 3.26. The van der Waals surface area contributed by atoms with Crippen LogP contribution in [-0.2, 0) is 0 Å². The number of fused-ring (bicyclic) bond motifs is 1. The summed E-state index contributed by atoms with van der Waals surface area (Å²) >= 11 is 0. The van der Waals surface area contributed by atoms with E-state index in [0.29, 0.717) is 11.1 Å². The number of nitrogens with zero attached hydrogens (tertiary/aromatic N) is 3. The molecule has 4 heteroatoms. The molecule has 0 unspecified atom stereocenters. The molecule has 0 aliphatic carbocycles. The molecule has 0 aromatic carbocycles. The number of hydrogen-bond donors (Lipinski definition) is 0. The smallest absolute Gasteiger partial charge is 0.198 e. The zero-order chi connectivity index (χ0) is 14.1. The fourth-order valence-electron chi connectivity index (χ4n) is 2.30. The Morgan fingerprint density at radius 2 is 2.05 bits per heavy atom. The van der Waals surface area contributed by atoms with Crippen LogP contribution in [0.2, 0.25) is 0 Å². The first-order valence-electron chi connectivity index (χ1n) is 6.60. The summed E-state index contributed by atoms with van der Waals surface area (Å²) in [5.74, 6) is 0.161. The van der Waals surface area contributed by atoms with Crippen molar-refractivity contribution in [2.75, 3.05) is 0 Å². The summed E-state index contributed by atoms with van der Waals surface area (Å²) in [6.45, 7) is 4.09. The topological polar surface area (TPSA) is 47.3 Å². The lowest BCUT2D eigenvalue weighted by Gasteiger charge is -2.04. The van der Waals surface area contributed by atoms with Gasteiger partial charge in [-0.05, 0) is 30.2 Å². The molecule has 0 N–H and O–H groups in total. The second-order valence-corrected chi connectivity index (χ2v) is 5.02. The lowest BCUT2D eigenvalue weighted by atomic mass is 9.98. The standard InChI is InChI=1S/C16H15N3O/c1-11(2)15-14(13-7-3-4-9-19(13)18-15)16(20)12-6-5-8-17-10-12/h3-11H,1-2H3. The number of carbonyl (C=O) groups excluding carboxylic acids is 1.